The molecular formula is C16H17ClN2O3. The molecule has 0 aliphatic carbocycles. The SMILES string of the molecule is CO[C@H](CNC(=O)c1cccn(C)c1=O)c1ccccc1Cl. The number of ether oxygens (including phenoxy) is 1. The number of hydrogen-bond acceptors (Lipinski definition) is 3. The Hall–Kier alpha value is -2.11. The third-order valence-electron chi connectivity index (χ3n) is 3.35. The van der Waals surface area contributed by atoms with Crippen molar-refractivity contribution < 1.29 is 9.53 Å². The van der Waals surface area contributed by atoms with Crippen LogP contribution in [0.2, 0.25) is 5.02 Å². The van der Waals surface area contributed by atoms with Gasteiger partial charge in [-0.2, -0.15) is 0 Å². The van der Waals surface area contributed by atoms with E-state index in [-0.39, 0.29) is 23.8 Å². The Kier molecular flexibility index (Phi) is 5.35. The second-order valence-electron chi connectivity index (χ2n) is 4.79. The van der Waals surface area contributed by atoms with Crippen molar-refractivity contribution in [2.75, 3.05) is 13.7 Å². The second kappa shape index (κ2) is 7.24. The average Bonchev–Trinajstić information content (AvgIpc) is 2.52. The van der Waals surface area contributed by atoms with Crippen molar-refractivity contribution in [3.8, 4) is 0 Å². The third-order valence-corrected chi connectivity index (χ3v) is 3.70. The minimum Gasteiger partial charge on any atom is -0.375 e. The topological polar surface area (TPSA) is 60.3 Å². The lowest BCUT2D eigenvalue weighted by atomic mass is 10.1. The molecular weight excluding hydrogens is 304 g/mol. The number of nitrogens with one attached hydrogen (secondary N) is 1. The van der Waals surface area contributed by atoms with Gasteiger partial charge in [0, 0.05) is 37.5 Å². The van der Waals surface area contributed by atoms with E-state index in [1.165, 1.54) is 10.6 Å². The number of methoxy groups -OCH3 is 1. The van der Waals surface area contributed by atoms with Crippen LogP contribution in [0.1, 0.15) is 22.0 Å². The molecule has 1 aromatic heterocycles. The Bertz CT molecular complexity index is 727. The number of aromatic nitrogens is 1. The fraction of sp³-hybridized carbons (Fsp3) is 0.250. The van der Waals surface area contributed by atoms with Crippen LogP contribution in [0.15, 0.2) is 47.4 Å². The fourth-order valence-electron chi connectivity index (χ4n) is 2.11. The van der Waals surface area contributed by atoms with Crippen molar-refractivity contribution in [3.05, 3.63) is 69.1 Å². The van der Waals surface area contributed by atoms with Gasteiger partial charge in [-0.15, -0.1) is 0 Å². The van der Waals surface area contributed by atoms with E-state index in [9.17, 15) is 9.59 Å². The van der Waals surface area contributed by atoms with E-state index in [1.807, 2.05) is 18.2 Å². The van der Waals surface area contributed by atoms with Gasteiger partial charge in [0.05, 0.1) is 0 Å². The zero-order valence-corrected chi connectivity index (χ0v) is 13.1. The van der Waals surface area contributed by atoms with Gasteiger partial charge in [-0.3, -0.25) is 9.59 Å². The molecule has 0 aliphatic heterocycles. The lowest BCUT2D eigenvalue weighted by Gasteiger charge is -2.17. The lowest BCUT2D eigenvalue weighted by molar-refractivity contribution is 0.0826. The molecule has 0 aliphatic rings. The Morgan fingerprint density at radius 2 is 2.05 bits per heavy atom. The summed E-state index contributed by atoms with van der Waals surface area (Å²) in [4.78, 5) is 24.0. The van der Waals surface area contributed by atoms with Gasteiger partial charge in [-0.1, -0.05) is 29.8 Å². The standard InChI is InChI=1S/C16H17ClN2O3/c1-19-9-5-7-12(16(19)21)15(20)18-10-14(22-2)11-6-3-4-8-13(11)17/h3-9,14H,10H2,1-2H3,(H,18,20)/t14-/m1/s1. The number of aryl methyl sites for hydroxylation is 1. The van der Waals surface area contributed by atoms with Crippen molar-refractivity contribution in [1.82, 2.24) is 9.88 Å². The minimum atomic E-state index is -0.435. The van der Waals surface area contributed by atoms with E-state index in [1.54, 1.807) is 32.5 Å². The number of amides is 1. The monoisotopic (exact) mass is 320 g/mol. The van der Waals surface area contributed by atoms with Gasteiger partial charge in [-0.25, -0.2) is 0 Å². The summed E-state index contributed by atoms with van der Waals surface area (Å²) in [6.07, 6.45) is 1.21. The van der Waals surface area contributed by atoms with Gasteiger partial charge in [0.15, 0.2) is 0 Å². The molecule has 1 atom stereocenters. The fourth-order valence-corrected chi connectivity index (χ4v) is 2.36. The van der Waals surface area contributed by atoms with Gasteiger partial charge in [0.1, 0.15) is 11.7 Å². The average molecular weight is 321 g/mol. The molecule has 2 rings (SSSR count). The predicted octanol–water partition coefficient (Wildman–Crippen LogP) is 2.16. The molecule has 0 spiro atoms. The molecule has 0 fully saturated rings. The van der Waals surface area contributed by atoms with E-state index >= 15 is 0 Å². The van der Waals surface area contributed by atoms with Gasteiger partial charge in [0.2, 0.25) is 0 Å². The first-order chi connectivity index (χ1) is 10.5. The minimum absolute atomic E-state index is 0.0963. The summed E-state index contributed by atoms with van der Waals surface area (Å²) < 4.78 is 6.73. The summed E-state index contributed by atoms with van der Waals surface area (Å²) >= 11 is 6.13. The van der Waals surface area contributed by atoms with Crippen LogP contribution in [0.3, 0.4) is 0 Å². The molecule has 22 heavy (non-hydrogen) atoms. The maximum atomic E-state index is 12.1. The van der Waals surface area contributed by atoms with E-state index in [4.69, 9.17) is 16.3 Å². The van der Waals surface area contributed by atoms with E-state index < -0.39 is 5.91 Å². The van der Waals surface area contributed by atoms with Crippen LogP contribution in [0.25, 0.3) is 0 Å². The van der Waals surface area contributed by atoms with Crippen LogP contribution in [-0.4, -0.2) is 24.1 Å². The van der Waals surface area contributed by atoms with Crippen molar-refractivity contribution >= 4 is 17.5 Å². The molecule has 2 aromatic rings. The first-order valence-corrected chi connectivity index (χ1v) is 7.13. The van der Waals surface area contributed by atoms with E-state index in [2.05, 4.69) is 5.32 Å². The van der Waals surface area contributed by atoms with Crippen LogP contribution in [0.4, 0.5) is 0 Å². The maximum Gasteiger partial charge on any atom is 0.263 e. The molecule has 1 aromatic carbocycles. The molecule has 5 nitrogen and oxygen atoms in total. The highest BCUT2D eigenvalue weighted by Crippen LogP contribution is 2.24. The largest absolute Gasteiger partial charge is 0.375 e. The number of halogens is 1. The number of benzene rings is 1. The highest BCUT2D eigenvalue weighted by Gasteiger charge is 2.17. The molecule has 116 valence electrons. The first-order valence-electron chi connectivity index (χ1n) is 6.75. The Balaban J connectivity index is 2.11. The van der Waals surface area contributed by atoms with Crippen molar-refractivity contribution in [2.24, 2.45) is 7.05 Å². The molecule has 0 saturated heterocycles. The van der Waals surface area contributed by atoms with E-state index in [0.717, 1.165) is 5.56 Å². The summed E-state index contributed by atoms with van der Waals surface area (Å²) in [5, 5.41) is 3.28. The summed E-state index contributed by atoms with van der Waals surface area (Å²) in [6.45, 7) is 0.219. The highest BCUT2D eigenvalue weighted by atomic mass is 35.5. The highest BCUT2D eigenvalue weighted by molar-refractivity contribution is 6.31. The summed E-state index contributed by atoms with van der Waals surface area (Å²) in [5.74, 6) is -0.435. The Morgan fingerprint density at radius 3 is 2.73 bits per heavy atom. The van der Waals surface area contributed by atoms with Crippen molar-refractivity contribution in [1.29, 1.82) is 0 Å². The van der Waals surface area contributed by atoms with Crippen LogP contribution in [-0.2, 0) is 11.8 Å². The third kappa shape index (κ3) is 3.55. The van der Waals surface area contributed by atoms with Crippen molar-refractivity contribution in [2.45, 2.75) is 6.10 Å². The first kappa shape index (κ1) is 16.3. The van der Waals surface area contributed by atoms with Crippen molar-refractivity contribution in [3.63, 3.8) is 0 Å². The quantitative estimate of drug-likeness (QED) is 0.918. The summed E-state index contributed by atoms with van der Waals surface area (Å²) in [6, 6.07) is 10.4. The summed E-state index contributed by atoms with van der Waals surface area (Å²) in [7, 11) is 3.14. The van der Waals surface area contributed by atoms with Crippen LogP contribution in [0.5, 0.6) is 0 Å². The number of hydrogen-bond donors (Lipinski definition) is 1. The molecule has 0 bridgehead atoms. The molecule has 6 heteroatoms. The van der Waals surface area contributed by atoms with Gasteiger partial charge in [0.25, 0.3) is 11.5 Å². The summed E-state index contributed by atoms with van der Waals surface area (Å²) in [5.41, 5.74) is 0.540. The van der Waals surface area contributed by atoms with Crippen LogP contribution < -0.4 is 10.9 Å². The molecule has 0 saturated carbocycles. The van der Waals surface area contributed by atoms with Gasteiger partial charge >= 0.3 is 0 Å². The Labute approximate surface area is 133 Å². The van der Waals surface area contributed by atoms with Crippen LogP contribution in [0, 0.1) is 0 Å². The Morgan fingerprint density at radius 1 is 1.32 bits per heavy atom. The molecule has 0 radical (unpaired) electrons. The molecule has 0 unspecified atom stereocenters. The number of rotatable bonds is 5. The zero-order valence-electron chi connectivity index (χ0n) is 12.4. The number of pyridine rings is 1. The maximum absolute atomic E-state index is 12.1. The second-order valence-corrected chi connectivity index (χ2v) is 5.20. The zero-order chi connectivity index (χ0) is 16.1. The van der Waals surface area contributed by atoms with Gasteiger partial charge < -0.3 is 14.6 Å². The normalized spacial score (nSPS) is 12.0. The van der Waals surface area contributed by atoms with E-state index in [0.29, 0.717) is 5.02 Å². The van der Waals surface area contributed by atoms with Crippen LogP contribution >= 0.6 is 11.6 Å². The smallest absolute Gasteiger partial charge is 0.263 e. The molecule has 1 N–H and O–H groups in total. The molecule has 1 heterocycles. The number of carbonyl (C=O) groups is 1. The molecule has 1 amide bonds. The predicted molar refractivity (Wildman–Crippen MR) is 85.2 cm³/mol. The number of carbonyl (C=O) groups excluding carboxylic acids is 1. The number of nitrogens with zero attached hydrogens (tertiary/aromatic N) is 1. The van der Waals surface area contributed by atoms with Gasteiger partial charge in [-0.05, 0) is 18.2 Å². The lowest BCUT2D eigenvalue weighted by Crippen LogP contribution is -2.34.